The molecule has 0 unspecified atom stereocenters. The predicted octanol–water partition coefficient (Wildman–Crippen LogP) is 4.37. The Hall–Kier alpha value is -1.89. The maximum Gasteiger partial charge on any atom is 0.276 e. The van der Waals surface area contributed by atoms with Gasteiger partial charge in [-0.25, -0.2) is 0 Å². The Balaban J connectivity index is 1.89. The van der Waals surface area contributed by atoms with E-state index >= 15 is 0 Å². The second-order valence-electron chi connectivity index (χ2n) is 5.36. The standard InChI is InChI=1S/C18H14BrClN2O2S/c1-24-16-7-6-13(19)8-12(16)9-15-17(23)22(18(25)21-15)10-11-4-2-3-5-14(11)20/h2-9H,10H2,1H3,(H,21,25)/b15-9-. The van der Waals surface area contributed by atoms with E-state index in [4.69, 9.17) is 28.6 Å². The summed E-state index contributed by atoms with van der Waals surface area (Å²) < 4.78 is 6.23. The molecule has 4 nitrogen and oxygen atoms in total. The van der Waals surface area contributed by atoms with Crippen LogP contribution in [0.1, 0.15) is 11.1 Å². The van der Waals surface area contributed by atoms with Crippen LogP contribution in [-0.4, -0.2) is 23.0 Å². The molecule has 1 aliphatic heterocycles. The molecule has 1 saturated heterocycles. The van der Waals surface area contributed by atoms with Gasteiger partial charge in [0.1, 0.15) is 11.4 Å². The zero-order valence-electron chi connectivity index (χ0n) is 13.3. The molecule has 1 heterocycles. The summed E-state index contributed by atoms with van der Waals surface area (Å²) in [5.74, 6) is 0.465. The molecule has 25 heavy (non-hydrogen) atoms. The van der Waals surface area contributed by atoms with Crippen molar-refractivity contribution in [2.45, 2.75) is 6.54 Å². The fraction of sp³-hybridized carbons (Fsp3) is 0.111. The highest BCUT2D eigenvalue weighted by molar-refractivity contribution is 9.10. The number of halogens is 2. The largest absolute Gasteiger partial charge is 0.496 e. The van der Waals surface area contributed by atoms with Gasteiger partial charge in [-0.05, 0) is 48.1 Å². The summed E-state index contributed by atoms with van der Waals surface area (Å²) in [6, 6.07) is 13.0. The first-order valence-electron chi connectivity index (χ1n) is 7.41. The van der Waals surface area contributed by atoms with Gasteiger partial charge in [-0.3, -0.25) is 9.69 Å². The van der Waals surface area contributed by atoms with Gasteiger partial charge in [0.15, 0.2) is 5.11 Å². The third-order valence-electron chi connectivity index (χ3n) is 3.74. The lowest BCUT2D eigenvalue weighted by molar-refractivity contribution is -0.122. The number of carbonyl (C=O) groups is 1. The monoisotopic (exact) mass is 436 g/mol. The number of nitrogens with one attached hydrogen (secondary N) is 1. The Labute approximate surface area is 164 Å². The van der Waals surface area contributed by atoms with Gasteiger partial charge in [-0.2, -0.15) is 0 Å². The minimum atomic E-state index is -0.202. The lowest BCUT2D eigenvalue weighted by atomic mass is 10.1. The van der Waals surface area contributed by atoms with Gasteiger partial charge in [-0.1, -0.05) is 45.7 Å². The van der Waals surface area contributed by atoms with Crippen molar-refractivity contribution in [3.8, 4) is 5.75 Å². The second kappa shape index (κ2) is 7.56. The average molecular weight is 438 g/mol. The van der Waals surface area contributed by atoms with E-state index in [0.29, 0.717) is 28.1 Å². The minimum Gasteiger partial charge on any atom is -0.496 e. The molecule has 1 aliphatic rings. The summed E-state index contributed by atoms with van der Waals surface area (Å²) in [6.45, 7) is 0.317. The molecular weight excluding hydrogens is 424 g/mol. The number of ether oxygens (including phenoxy) is 1. The molecule has 3 rings (SSSR count). The van der Waals surface area contributed by atoms with Crippen LogP contribution in [0, 0.1) is 0 Å². The van der Waals surface area contributed by atoms with Crippen molar-refractivity contribution in [1.82, 2.24) is 10.2 Å². The SMILES string of the molecule is COc1ccc(Br)cc1/C=C1\NC(=S)N(Cc2ccccc2Cl)C1=O. The Kier molecular flexibility index (Phi) is 5.42. The highest BCUT2D eigenvalue weighted by atomic mass is 79.9. The molecule has 1 amide bonds. The van der Waals surface area contributed by atoms with Gasteiger partial charge >= 0.3 is 0 Å². The number of benzene rings is 2. The molecule has 128 valence electrons. The third kappa shape index (κ3) is 3.86. The smallest absolute Gasteiger partial charge is 0.276 e. The zero-order chi connectivity index (χ0) is 18.0. The summed E-state index contributed by atoms with van der Waals surface area (Å²) in [7, 11) is 1.59. The maximum absolute atomic E-state index is 12.7. The first-order valence-corrected chi connectivity index (χ1v) is 8.99. The number of nitrogens with zero attached hydrogens (tertiary/aromatic N) is 1. The molecule has 1 N–H and O–H groups in total. The summed E-state index contributed by atoms with van der Waals surface area (Å²) in [4.78, 5) is 14.2. The van der Waals surface area contributed by atoms with Gasteiger partial charge in [0.2, 0.25) is 0 Å². The molecule has 7 heteroatoms. The fourth-order valence-electron chi connectivity index (χ4n) is 2.49. The predicted molar refractivity (Wildman–Crippen MR) is 106 cm³/mol. The Bertz CT molecular complexity index is 885. The van der Waals surface area contributed by atoms with E-state index in [1.54, 1.807) is 19.3 Å². The van der Waals surface area contributed by atoms with Crippen molar-refractivity contribution < 1.29 is 9.53 Å². The number of thiocarbonyl (C=S) groups is 1. The molecule has 0 bridgehead atoms. The molecule has 1 fully saturated rings. The van der Waals surface area contributed by atoms with Crippen molar-refractivity contribution in [3.63, 3.8) is 0 Å². The van der Waals surface area contributed by atoms with Gasteiger partial charge < -0.3 is 10.1 Å². The first kappa shape index (κ1) is 17.9. The molecule has 0 saturated carbocycles. The highest BCUT2D eigenvalue weighted by Gasteiger charge is 2.31. The van der Waals surface area contributed by atoms with Crippen molar-refractivity contribution in [2.75, 3.05) is 7.11 Å². The minimum absolute atomic E-state index is 0.202. The molecule has 0 atom stereocenters. The Morgan fingerprint density at radius 1 is 1.32 bits per heavy atom. The number of methoxy groups -OCH3 is 1. The Morgan fingerprint density at radius 2 is 2.08 bits per heavy atom. The van der Waals surface area contributed by atoms with Crippen molar-refractivity contribution >= 4 is 56.8 Å². The van der Waals surface area contributed by atoms with Crippen LogP contribution in [0.2, 0.25) is 5.02 Å². The number of amides is 1. The number of rotatable bonds is 4. The molecule has 0 aromatic heterocycles. The summed E-state index contributed by atoms with van der Waals surface area (Å²) in [5, 5.41) is 3.92. The van der Waals surface area contributed by atoms with E-state index in [1.807, 2.05) is 36.4 Å². The van der Waals surface area contributed by atoms with Gasteiger partial charge in [0.05, 0.1) is 13.7 Å². The summed E-state index contributed by atoms with van der Waals surface area (Å²) >= 11 is 14.9. The fourth-order valence-corrected chi connectivity index (χ4v) is 3.32. The van der Waals surface area contributed by atoms with Gasteiger partial charge in [0, 0.05) is 15.1 Å². The molecule has 2 aromatic carbocycles. The Morgan fingerprint density at radius 3 is 2.80 bits per heavy atom. The van der Waals surface area contributed by atoms with Crippen LogP contribution in [0.5, 0.6) is 5.75 Å². The van der Waals surface area contributed by atoms with Crippen molar-refractivity contribution in [1.29, 1.82) is 0 Å². The molecular formula is C18H14BrClN2O2S. The second-order valence-corrected chi connectivity index (χ2v) is 7.07. The number of carbonyl (C=O) groups excluding carboxylic acids is 1. The molecule has 2 aromatic rings. The lowest BCUT2D eigenvalue weighted by Gasteiger charge is -2.14. The molecule has 0 radical (unpaired) electrons. The van der Waals surface area contributed by atoms with E-state index in [2.05, 4.69) is 21.2 Å². The van der Waals surface area contributed by atoms with Crippen LogP contribution in [0.4, 0.5) is 0 Å². The zero-order valence-corrected chi connectivity index (χ0v) is 16.4. The van der Waals surface area contributed by atoms with Gasteiger partial charge in [-0.15, -0.1) is 0 Å². The van der Waals surface area contributed by atoms with Gasteiger partial charge in [0.25, 0.3) is 5.91 Å². The molecule has 0 spiro atoms. The topological polar surface area (TPSA) is 41.6 Å². The maximum atomic E-state index is 12.7. The third-order valence-corrected chi connectivity index (χ3v) is 4.92. The van der Waals surface area contributed by atoms with Crippen molar-refractivity contribution in [2.24, 2.45) is 0 Å². The van der Waals surface area contributed by atoms with Crippen LogP contribution in [0.25, 0.3) is 6.08 Å². The average Bonchev–Trinajstić information content (AvgIpc) is 2.84. The quantitative estimate of drug-likeness (QED) is 0.570. The first-order chi connectivity index (χ1) is 12.0. The highest BCUT2D eigenvalue weighted by Crippen LogP contribution is 2.27. The van der Waals surface area contributed by atoms with Crippen LogP contribution in [0.15, 0.2) is 52.6 Å². The van der Waals surface area contributed by atoms with Crippen LogP contribution in [0.3, 0.4) is 0 Å². The van der Waals surface area contributed by atoms with Crippen LogP contribution < -0.4 is 10.1 Å². The number of hydrogen-bond donors (Lipinski definition) is 1. The van der Waals surface area contributed by atoms with E-state index in [1.165, 1.54) is 4.90 Å². The normalized spacial score (nSPS) is 15.6. The van der Waals surface area contributed by atoms with Crippen LogP contribution >= 0.6 is 39.7 Å². The summed E-state index contributed by atoms with van der Waals surface area (Å²) in [5.41, 5.74) is 2.01. The van der Waals surface area contributed by atoms with E-state index in [9.17, 15) is 4.79 Å². The van der Waals surface area contributed by atoms with E-state index < -0.39 is 0 Å². The summed E-state index contributed by atoms with van der Waals surface area (Å²) in [6.07, 6.45) is 1.73. The van der Waals surface area contributed by atoms with Crippen LogP contribution in [-0.2, 0) is 11.3 Å². The molecule has 0 aliphatic carbocycles. The van der Waals surface area contributed by atoms with E-state index in [0.717, 1.165) is 15.6 Å². The lowest BCUT2D eigenvalue weighted by Crippen LogP contribution is -2.30. The number of hydrogen-bond acceptors (Lipinski definition) is 3. The van der Waals surface area contributed by atoms with E-state index in [-0.39, 0.29) is 5.91 Å². The van der Waals surface area contributed by atoms with Crippen molar-refractivity contribution in [3.05, 3.63) is 68.8 Å².